The maximum Gasteiger partial charge on any atom is 0.263 e. The minimum absolute atomic E-state index is 0.0309. The van der Waals surface area contributed by atoms with Crippen molar-refractivity contribution in [3.63, 3.8) is 0 Å². The Balaban J connectivity index is 1.51. The van der Waals surface area contributed by atoms with Crippen LogP contribution in [0.3, 0.4) is 0 Å². The lowest BCUT2D eigenvalue weighted by molar-refractivity contribution is 1.06. The fourth-order valence-electron chi connectivity index (χ4n) is 7.66. The van der Waals surface area contributed by atoms with Crippen molar-refractivity contribution in [3.05, 3.63) is 174 Å². The Kier molecular flexibility index (Phi) is 5.40. The van der Waals surface area contributed by atoms with Crippen LogP contribution in [0.4, 0.5) is 0 Å². The highest BCUT2D eigenvalue weighted by atomic mass is 16.1. The molecule has 3 heterocycles. The van der Waals surface area contributed by atoms with E-state index >= 15 is 0 Å². The Bertz CT molecular complexity index is 2900. The summed E-state index contributed by atoms with van der Waals surface area (Å²) in [6.07, 6.45) is 0. The van der Waals surface area contributed by atoms with E-state index in [4.69, 9.17) is 0 Å². The molecule has 0 fully saturated rings. The van der Waals surface area contributed by atoms with E-state index in [1.165, 1.54) is 0 Å². The summed E-state index contributed by atoms with van der Waals surface area (Å²) in [6.45, 7) is 0. The maximum absolute atomic E-state index is 14.8. The summed E-state index contributed by atoms with van der Waals surface area (Å²) in [5.41, 5.74) is 8.24. The van der Waals surface area contributed by atoms with Gasteiger partial charge in [-0.1, -0.05) is 97.1 Å². The molecule has 0 saturated carbocycles. The Labute approximate surface area is 269 Å². The lowest BCUT2D eigenvalue weighted by Crippen LogP contribution is -2.19. The second-order valence-corrected chi connectivity index (χ2v) is 12.1. The van der Waals surface area contributed by atoms with Gasteiger partial charge in [0, 0.05) is 49.4 Å². The molecule has 0 saturated heterocycles. The van der Waals surface area contributed by atoms with Crippen LogP contribution >= 0.6 is 0 Å². The number of aromatic nitrogens is 3. The first-order valence-electron chi connectivity index (χ1n) is 15.9. The molecule has 0 unspecified atom stereocenters. The van der Waals surface area contributed by atoms with Gasteiger partial charge in [-0.15, -0.1) is 0 Å². The molecule has 4 nitrogen and oxygen atoms in total. The third kappa shape index (κ3) is 3.61. The van der Waals surface area contributed by atoms with Gasteiger partial charge in [-0.25, -0.2) is 0 Å². The zero-order chi connectivity index (χ0) is 31.1. The van der Waals surface area contributed by atoms with Gasteiger partial charge in [-0.2, -0.15) is 0 Å². The third-order valence-corrected chi connectivity index (χ3v) is 9.61. The Morgan fingerprint density at radius 1 is 0.319 bits per heavy atom. The molecule has 47 heavy (non-hydrogen) atoms. The molecule has 0 amide bonds. The first kappa shape index (κ1) is 25.9. The first-order valence-corrected chi connectivity index (χ1v) is 15.9. The molecule has 10 rings (SSSR count). The minimum atomic E-state index is -0.0309. The molecule has 0 aliphatic carbocycles. The van der Waals surface area contributed by atoms with Gasteiger partial charge < -0.3 is 9.13 Å². The molecule has 7 aromatic carbocycles. The second kappa shape index (κ2) is 9.80. The molecule has 0 atom stereocenters. The first-order chi connectivity index (χ1) is 23.3. The summed E-state index contributed by atoms with van der Waals surface area (Å²) in [7, 11) is 0. The average molecular weight is 602 g/mol. The second-order valence-electron chi connectivity index (χ2n) is 12.1. The SMILES string of the molecule is O=c1c2ccc3c4ccccc4n(-c4ccccc4)c3c2c2cc3c(cc2n1-c1ccccc1)c1ccccc1n3-c1ccccc1. The molecule has 0 bridgehead atoms. The third-order valence-electron chi connectivity index (χ3n) is 9.61. The standard InChI is InChI=1S/C43H27N3O/c47-43-34-25-24-33-31-20-10-13-23-38(31)45(29-16-6-2-7-17-29)42(33)41(34)36-27-39-35(26-40(36)46(43)30-18-8-3-9-19-30)32-21-11-12-22-37(32)44(39)28-14-4-1-5-15-28/h1-27H. The highest BCUT2D eigenvalue weighted by molar-refractivity contribution is 6.27. The summed E-state index contributed by atoms with van der Waals surface area (Å²) >= 11 is 0. The van der Waals surface area contributed by atoms with Gasteiger partial charge in [0.2, 0.25) is 0 Å². The molecule has 0 N–H and O–H groups in total. The molecule has 10 aromatic rings. The molecule has 4 heteroatoms. The predicted molar refractivity (Wildman–Crippen MR) is 196 cm³/mol. The number of fused-ring (bicyclic) bond motifs is 10. The molecular weight excluding hydrogens is 574 g/mol. The average Bonchev–Trinajstić information content (AvgIpc) is 3.65. The predicted octanol–water partition coefficient (Wildman–Crippen LogP) is 10.3. The monoisotopic (exact) mass is 601 g/mol. The van der Waals surface area contributed by atoms with Crippen molar-refractivity contribution in [2.45, 2.75) is 0 Å². The number of hydrogen-bond acceptors (Lipinski definition) is 1. The highest BCUT2D eigenvalue weighted by Gasteiger charge is 2.22. The molecule has 220 valence electrons. The zero-order valence-electron chi connectivity index (χ0n) is 25.3. The quantitative estimate of drug-likeness (QED) is 0.185. The van der Waals surface area contributed by atoms with Gasteiger partial charge in [0.15, 0.2) is 0 Å². The van der Waals surface area contributed by atoms with Gasteiger partial charge in [-0.05, 0) is 66.7 Å². The Morgan fingerprint density at radius 2 is 0.766 bits per heavy atom. The normalized spacial score (nSPS) is 11.9. The summed E-state index contributed by atoms with van der Waals surface area (Å²) in [5, 5.41) is 7.22. The molecular formula is C43H27N3O. The number of para-hydroxylation sites is 5. The topological polar surface area (TPSA) is 31.9 Å². The van der Waals surface area contributed by atoms with Crippen LogP contribution in [0.25, 0.3) is 82.3 Å². The van der Waals surface area contributed by atoms with E-state index in [-0.39, 0.29) is 5.56 Å². The number of pyridine rings is 1. The van der Waals surface area contributed by atoms with Gasteiger partial charge in [0.05, 0.1) is 33.0 Å². The van der Waals surface area contributed by atoms with Crippen molar-refractivity contribution in [1.29, 1.82) is 0 Å². The zero-order valence-corrected chi connectivity index (χ0v) is 25.3. The van der Waals surface area contributed by atoms with Crippen LogP contribution in [-0.2, 0) is 0 Å². The van der Waals surface area contributed by atoms with Crippen LogP contribution in [0.2, 0.25) is 0 Å². The smallest absolute Gasteiger partial charge is 0.263 e. The number of benzene rings is 7. The van der Waals surface area contributed by atoms with Crippen LogP contribution in [0.1, 0.15) is 0 Å². The number of rotatable bonds is 3. The molecule has 0 spiro atoms. The van der Waals surface area contributed by atoms with E-state index in [1.807, 2.05) is 47.0 Å². The van der Waals surface area contributed by atoms with Gasteiger partial charge in [0.25, 0.3) is 5.56 Å². The van der Waals surface area contributed by atoms with Gasteiger partial charge in [-0.3, -0.25) is 9.36 Å². The van der Waals surface area contributed by atoms with Crippen LogP contribution in [0.5, 0.6) is 0 Å². The molecule has 0 aliphatic heterocycles. The van der Waals surface area contributed by atoms with Crippen molar-refractivity contribution in [3.8, 4) is 17.1 Å². The van der Waals surface area contributed by atoms with Crippen LogP contribution < -0.4 is 5.56 Å². The number of nitrogens with zero attached hydrogens (tertiary/aromatic N) is 3. The fourth-order valence-corrected chi connectivity index (χ4v) is 7.66. The summed E-state index contributed by atoms with van der Waals surface area (Å²) in [5.74, 6) is 0. The summed E-state index contributed by atoms with van der Waals surface area (Å²) < 4.78 is 6.57. The van der Waals surface area contributed by atoms with E-state index in [1.54, 1.807) is 0 Å². The lowest BCUT2D eigenvalue weighted by Gasteiger charge is -2.17. The molecule has 3 aromatic heterocycles. The highest BCUT2D eigenvalue weighted by Crippen LogP contribution is 2.41. The summed E-state index contributed by atoms with van der Waals surface area (Å²) in [4.78, 5) is 14.8. The van der Waals surface area contributed by atoms with Crippen LogP contribution in [0.15, 0.2) is 169 Å². The maximum atomic E-state index is 14.8. The van der Waals surface area contributed by atoms with E-state index in [0.29, 0.717) is 5.39 Å². The van der Waals surface area contributed by atoms with Crippen LogP contribution in [0, 0.1) is 0 Å². The van der Waals surface area contributed by atoms with Crippen molar-refractivity contribution >= 4 is 65.3 Å². The van der Waals surface area contributed by atoms with E-state index in [9.17, 15) is 4.79 Å². The Hall–Kier alpha value is -6.39. The summed E-state index contributed by atoms with van der Waals surface area (Å²) in [6, 6.07) is 56.8. The van der Waals surface area contributed by atoms with E-state index in [0.717, 1.165) is 77.0 Å². The van der Waals surface area contributed by atoms with Crippen molar-refractivity contribution in [2.75, 3.05) is 0 Å². The lowest BCUT2D eigenvalue weighted by atomic mass is 10.00. The largest absolute Gasteiger partial charge is 0.309 e. The number of hydrogen-bond donors (Lipinski definition) is 0. The molecule has 0 aliphatic rings. The van der Waals surface area contributed by atoms with Gasteiger partial charge in [0.1, 0.15) is 0 Å². The van der Waals surface area contributed by atoms with Crippen molar-refractivity contribution in [2.24, 2.45) is 0 Å². The Morgan fingerprint density at radius 3 is 1.40 bits per heavy atom. The fraction of sp³-hybridized carbons (Fsp3) is 0. The van der Waals surface area contributed by atoms with E-state index < -0.39 is 0 Å². The van der Waals surface area contributed by atoms with Crippen molar-refractivity contribution < 1.29 is 0 Å². The minimum Gasteiger partial charge on any atom is -0.309 e. The molecule has 0 radical (unpaired) electrons. The van der Waals surface area contributed by atoms with E-state index in [2.05, 4.69) is 130 Å². The van der Waals surface area contributed by atoms with Crippen LogP contribution in [-0.4, -0.2) is 13.7 Å². The van der Waals surface area contributed by atoms with Gasteiger partial charge >= 0.3 is 0 Å². The van der Waals surface area contributed by atoms with Crippen molar-refractivity contribution in [1.82, 2.24) is 13.7 Å².